The molecule has 0 spiro atoms. The Hall–Kier alpha value is -1.89. The summed E-state index contributed by atoms with van der Waals surface area (Å²) in [5, 5.41) is 7.17. The third kappa shape index (κ3) is 4.35. The number of carbonyl (C=O) groups is 1. The maximum absolute atomic E-state index is 12.0. The summed E-state index contributed by atoms with van der Waals surface area (Å²) in [5.74, 6) is 0.665. The fourth-order valence-corrected chi connectivity index (χ4v) is 3.49. The molecule has 0 aromatic carbocycles. The quantitative estimate of drug-likeness (QED) is 0.834. The number of aryl methyl sites for hydroxylation is 1. The first-order valence-corrected chi connectivity index (χ1v) is 8.89. The highest BCUT2D eigenvalue weighted by molar-refractivity contribution is 5.78. The zero-order valence-electron chi connectivity index (χ0n) is 14.4. The van der Waals surface area contributed by atoms with Crippen molar-refractivity contribution >= 4 is 11.6 Å². The number of nitrogens with zero attached hydrogens (tertiary/aromatic N) is 4. The zero-order chi connectivity index (χ0) is 16.9. The summed E-state index contributed by atoms with van der Waals surface area (Å²) in [5.41, 5.74) is 0.818. The molecule has 2 aliphatic heterocycles. The van der Waals surface area contributed by atoms with Gasteiger partial charge in [-0.05, 0) is 44.7 Å². The SMILES string of the molecule is Cn1ncc(N2CCC(CNC(=O)CN3CCCC3)CC2)cc1=O. The zero-order valence-corrected chi connectivity index (χ0v) is 14.4. The molecule has 7 heteroatoms. The summed E-state index contributed by atoms with van der Waals surface area (Å²) in [6.45, 7) is 5.21. The van der Waals surface area contributed by atoms with Gasteiger partial charge < -0.3 is 10.2 Å². The van der Waals surface area contributed by atoms with E-state index >= 15 is 0 Å². The molecule has 1 amide bonds. The molecule has 7 nitrogen and oxygen atoms in total. The number of likely N-dealkylation sites (tertiary alicyclic amines) is 1. The predicted molar refractivity (Wildman–Crippen MR) is 93.1 cm³/mol. The minimum Gasteiger partial charge on any atom is -0.370 e. The second kappa shape index (κ2) is 7.79. The Labute approximate surface area is 142 Å². The average molecular weight is 333 g/mol. The number of carbonyl (C=O) groups excluding carboxylic acids is 1. The van der Waals surface area contributed by atoms with E-state index < -0.39 is 0 Å². The van der Waals surface area contributed by atoms with Crippen molar-refractivity contribution in [2.45, 2.75) is 25.7 Å². The summed E-state index contributed by atoms with van der Waals surface area (Å²) < 4.78 is 1.34. The summed E-state index contributed by atoms with van der Waals surface area (Å²) in [7, 11) is 1.66. The Balaban J connectivity index is 1.40. The van der Waals surface area contributed by atoms with Crippen LogP contribution in [0.3, 0.4) is 0 Å². The van der Waals surface area contributed by atoms with E-state index in [9.17, 15) is 9.59 Å². The summed E-state index contributed by atoms with van der Waals surface area (Å²) in [6.07, 6.45) is 6.23. The van der Waals surface area contributed by atoms with E-state index in [1.54, 1.807) is 19.3 Å². The van der Waals surface area contributed by atoms with E-state index in [4.69, 9.17) is 0 Å². The molecular formula is C17H27N5O2. The molecule has 0 atom stereocenters. The molecule has 2 saturated heterocycles. The van der Waals surface area contributed by atoms with E-state index in [2.05, 4.69) is 20.2 Å². The first kappa shape index (κ1) is 17.0. The van der Waals surface area contributed by atoms with Gasteiger partial charge in [-0.25, -0.2) is 4.68 Å². The molecule has 0 saturated carbocycles. The van der Waals surface area contributed by atoms with Crippen LogP contribution in [0.1, 0.15) is 25.7 Å². The van der Waals surface area contributed by atoms with Crippen molar-refractivity contribution in [3.63, 3.8) is 0 Å². The van der Waals surface area contributed by atoms with Crippen LogP contribution in [0.2, 0.25) is 0 Å². The molecule has 2 aliphatic rings. The minimum atomic E-state index is -0.0798. The second-order valence-electron chi connectivity index (χ2n) is 6.89. The molecule has 3 heterocycles. The Bertz CT molecular complexity index is 616. The number of nitrogens with one attached hydrogen (secondary N) is 1. The third-order valence-electron chi connectivity index (χ3n) is 5.09. The molecular weight excluding hydrogens is 306 g/mol. The first-order valence-electron chi connectivity index (χ1n) is 8.89. The van der Waals surface area contributed by atoms with Gasteiger partial charge in [0.25, 0.3) is 5.56 Å². The van der Waals surface area contributed by atoms with Gasteiger partial charge in [-0.15, -0.1) is 0 Å². The van der Waals surface area contributed by atoms with Crippen LogP contribution in [-0.2, 0) is 11.8 Å². The van der Waals surface area contributed by atoms with Crippen LogP contribution in [0, 0.1) is 5.92 Å². The largest absolute Gasteiger partial charge is 0.370 e. The van der Waals surface area contributed by atoms with E-state index in [0.29, 0.717) is 12.5 Å². The molecule has 24 heavy (non-hydrogen) atoms. The molecule has 1 N–H and O–H groups in total. The van der Waals surface area contributed by atoms with Gasteiger partial charge in [0.15, 0.2) is 0 Å². The number of aromatic nitrogens is 2. The van der Waals surface area contributed by atoms with Crippen LogP contribution in [0.15, 0.2) is 17.1 Å². The van der Waals surface area contributed by atoms with Crippen molar-refractivity contribution < 1.29 is 4.79 Å². The van der Waals surface area contributed by atoms with E-state index in [-0.39, 0.29) is 11.5 Å². The maximum atomic E-state index is 12.0. The molecule has 2 fully saturated rings. The van der Waals surface area contributed by atoms with Crippen molar-refractivity contribution in [2.75, 3.05) is 44.2 Å². The molecule has 0 radical (unpaired) electrons. The van der Waals surface area contributed by atoms with Gasteiger partial charge in [0.2, 0.25) is 5.91 Å². The lowest BCUT2D eigenvalue weighted by Gasteiger charge is -2.33. The van der Waals surface area contributed by atoms with Gasteiger partial charge in [-0.2, -0.15) is 5.10 Å². The van der Waals surface area contributed by atoms with Gasteiger partial charge >= 0.3 is 0 Å². The molecule has 0 aliphatic carbocycles. The Morgan fingerprint density at radius 3 is 2.62 bits per heavy atom. The lowest BCUT2D eigenvalue weighted by Crippen LogP contribution is -2.41. The molecule has 3 rings (SSSR count). The van der Waals surface area contributed by atoms with Gasteiger partial charge in [-0.3, -0.25) is 14.5 Å². The third-order valence-corrected chi connectivity index (χ3v) is 5.09. The van der Waals surface area contributed by atoms with Crippen LogP contribution in [0.5, 0.6) is 0 Å². The van der Waals surface area contributed by atoms with E-state index in [1.165, 1.54) is 17.5 Å². The van der Waals surface area contributed by atoms with Gasteiger partial charge in [0.1, 0.15) is 0 Å². The number of hydrogen-bond acceptors (Lipinski definition) is 5. The number of rotatable bonds is 5. The predicted octanol–water partition coefficient (Wildman–Crippen LogP) is 0.209. The standard InChI is InChI=1S/C17H27N5O2/c1-20-17(24)10-15(12-19-20)22-8-4-14(5-9-22)11-18-16(23)13-21-6-2-3-7-21/h10,12,14H,2-9,11,13H2,1H3,(H,18,23). The van der Waals surface area contributed by atoms with Crippen molar-refractivity contribution in [1.29, 1.82) is 0 Å². The van der Waals surface area contributed by atoms with Crippen LogP contribution in [0.4, 0.5) is 5.69 Å². The number of amides is 1. The molecule has 1 aromatic rings. The first-order chi connectivity index (χ1) is 11.6. The fraction of sp³-hybridized carbons (Fsp3) is 0.706. The van der Waals surface area contributed by atoms with Crippen molar-refractivity contribution in [3.05, 3.63) is 22.6 Å². The van der Waals surface area contributed by atoms with Gasteiger partial charge in [0, 0.05) is 32.7 Å². The average Bonchev–Trinajstić information content (AvgIpc) is 3.09. The van der Waals surface area contributed by atoms with Crippen LogP contribution >= 0.6 is 0 Å². The minimum absolute atomic E-state index is 0.0798. The number of piperidine rings is 1. The van der Waals surface area contributed by atoms with Crippen LogP contribution < -0.4 is 15.8 Å². The highest BCUT2D eigenvalue weighted by Crippen LogP contribution is 2.21. The highest BCUT2D eigenvalue weighted by Gasteiger charge is 2.21. The van der Waals surface area contributed by atoms with Crippen molar-refractivity contribution in [1.82, 2.24) is 20.0 Å². The topological polar surface area (TPSA) is 70.5 Å². The van der Waals surface area contributed by atoms with Crippen molar-refractivity contribution in [3.8, 4) is 0 Å². The number of hydrogen-bond donors (Lipinski definition) is 1. The van der Waals surface area contributed by atoms with Crippen LogP contribution in [0.25, 0.3) is 0 Å². The molecule has 1 aromatic heterocycles. The smallest absolute Gasteiger partial charge is 0.268 e. The fourth-order valence-electron chi connectivity index (χ4n) is 3.49. The highest BCUT2D eigenvalue weighted by atomic mass is 16.2. The monoisotopic (exact) mass is 333 g/mol. The maximum Gasteiger partial charge on any atom is 0.268 e. The Morgan fingerprint density at radius 1 is 1.25 bits per heavy atom. The van der Waals surface area contributed by atoms with E-state index in [1.807, 2.05) is 0 Å². The number of anilines is 1. The molecule has 0 bridgehead atoms. The summed E-state index contributed by atoms with van der Waals surface area (Å²) in [6, 6.07) is 1.64. The second-order valence-corrected chi connectivity index (χ2v) is 6.89. The molecule has 132 valence electrons. The summed E-state index contributed by atoms with van der Waals surface area (Å²) >= 11 is 0. The molecule has 0 unspecified atom stereocenters. The van der Waals surface area contributed by atoms with E-state index in [0.717, 1.165) is 51.3 Å². The lowest BCUT2D eigenvalue weighted by atomic mass is 9.96. The van der Waals surface area contributed by atoms with Crippen LogP contribution in [-0.4, -0.2) is 59.9 Å². The Morgan fingerprint density at radius 2 is 1.96 bits per heavy atom. The lowest BCUT2D eigenvalue weighted by molar-refractivity contribution is -0.122. The van der Waals surface area contributed by atoms with Crippen molar-refractivity contribution in [2.24, 2.45) is 13.0 Å². The summed E-state index contributed by atoms with van der Waals surface area (Å²) in [4.78, 5) is 28.1. The van der Waals surface area contributed by atoms with Gasteiger partial charge in [0.05, 0.1) is 18.4 Å². The Kier molecular flexibility index (Phi) is 5.50. The van der Waals surface area contributed by atoms with Gasteiger partial charge in [-0.1, -0.05) is 0 Å². The normalized spacial score (nSPS) is 19.6.